The minimum atomic E-state index is -0.0968. The Labute approximate surface area is 172 Å². The number of halogens is 1. The Hall–Kier alpha value is -2.85. The molecule has 0 aromatic heterocycles. The molecule has 0 atom stereocenters. The lowest BCUT2D eigenvalue weighted by atomic mass is 10.0. The number of carbonyl (C=O) groups excluding carboxylic acids is 1. The number of carbonyl (C=O) groups is 1. The van der Waals surface area contributed by atoms with Crippen LogP contribution in [0.3, 0.4) is 0 Å². The molecule has 0 bridgehead atoms. The molecule has 3 aromatic rings. The monoisotopic (exact) mass is 434 g/mol. The van der Waals surface area contributed by atoms with Gasteiger partial charge in [0.15, 0.2) is 5.76 Å². The second-order valence-corrected chi connectivity index (χ2v) is 7.79. The number of fused-ring (bicyclic) bond motifs is 1. The SMILES string of the molecule is Cc1ccc(COc2cc(C)c3c(c2)O/C(=C\c2ccc(Br)cc2)C3=O)cc1. The van der Waals surface area contributed by atoms with E-state index in [-0.39, 0.29) is 5.78 Å². The van der Waals surface area contributed by atoms with Gasteiger partial charge in [-0.3, -0.25) is 4.79 Å². The number of hydrogen-bond donors (Lipinski definition) is 0. The summed E-state index contributed by atoms with van der Waals surface area (Å²) < 4.78 is 12.8. The highest BCUT2D eigenvalue weighted by atomic mass is 79.9. The molecular weight excluding hydrogens is 416 g/mol. The molecule has 0 radical (unpaired) electrons. The molecule has 4 heteroatoms. The van der Waals surface area contributed by atoms with Crippen LogP contribution in [0.15, 0.2) is 70.9 Å². The van der Waals surface area contributed by atoms with Crippen molar-refractivity contribution in [3.63, 3.8) is 0 Å². The van der Waals surface area contributed by atoms with Crippen LogP contribution >= 0.6 is 15.9 Å². The highest BCUT2D eigenvalue weighted by Gasteiger charge is 2.30. The summed E-state index contributed by atoms with van der Waals surface area (Å²) in [5.74, 6) is 1.47. The third-order valence-corrected chi connectivity index (χ3v) is 5.17. The number of ether oxygens (including phenoxy) is 2. The molecule has 3 nitrogen and oxygen atoms in total. The van der Waals surface area contributed by atoms with Gasteiger partial charge in [0.1, 0.15) is 18.1 Å². The Bertz CT molecular complexity index is 1060. The van der Waals surface area contributed by atoms with Crippen LogP contribution in [0.25, 0.3) is 6.08 Å². The molecule has 0 amide bonds. The van der Waals surface area contributed by atoms with Crippen LogP contribution in [-0.2, 0) is 6.61 Å². The highest BCUT2D eigenvalue weighted by molar-refractivity contribution is 9.10. The molecular formula is C24H19BrO3. The van der Waals surface area contributed by atoms with E-state index < -0.39 is 0 Å². The molecule has 3 aromatic carbocycles. The molecule has 0 saturated carbocycles. The zero-order chi connectivity index (χ0) is 19.7. The number of allylic oxidation sites excluding steroid dienone is 1. The van der Waals surface area contributed by atoms with Crippen molar-refractivity contribution in [1.82, 2.24) is 0 Å². The first-order valence-electron chi connectivity index (χ1n) is 9.02. The number of Topliss-reactive ketones (excluding diaryl/α,β-unsaturated/α-hetero) is 1. The molecule has 0 spiro atoms. The Morgan fingerprint density at radius 2 is 1.71 bits per heavy atom. The fourth-order valence-electron chi connectivity index (χ4n) is 3.12. The van der Waals surface area contributed by atoms with E-state index in [4.69, 9.17) is 9.47 Å². The fraction of sp³-hybridized carbons (Fsp3) is 0.125. The van der Waals surface area contributed by atoms with E-state index in [9.17, 15) is 4.79 Å². The van der Waals surface area contributed by atoms with Crippen molar-refractivity contribution in [2.75, 3.05) is 0 Å². The molecule has 0 saturated heterocycles. The van der Waals surface area contributed by atoms with Gasteiger partial charge in [0.05, 0.1) is 5.56 Å². The minimum absolute atomic E-state index is 0.0968. The van der Waals surface area contributed by atoms with Crippen molar-refractivity contribution in [2.24, 2.45) is 0 Å². The highest BCUT2D eigenvalue weighted by Crippen LogP contribution is 2.37. The first kappa shape index (κ1) is 18.5. The van der Waals surface area contributed by atoms with Crippen LogP contribution in [0.2, 0.25) is 0 Å². The molecule has 1 aliphatic rings. The van der Waals surface area contributed by atoms with Crippen molar-refractivity contribution in [2.45, 2.75) is 20.5 Å². The lowest BCUT2D eigenvalue weighted by Crippen LogP contribution is -2.00. The second-order valence-electron chi connectivity index (χ2n) is 6.88. The molecule has 28 heavy (non-hydrogen) atoms. The fourth-order valence-corrected chi connectivity index (χ4v) is 3.39. The van der Waals surface area contributed by atoms with Crippen LogP contribution in [-0.4, -0.2) is 5.78 Å². The molecule has 0 fully saturated rings. The van der Waals surface area contributed by atoms with E-state index in [1.165, 1.54) is 5.56 Å². The maximum Gasteiger partial charge on any atom is 0.232 e. The van der Waals surface area contributed by atoms with E-state index in [2.05, 4.69) is 47.1 Å². The summed E-state index contributed by atoms with van der Waals surface area (Å²) in [7, 11) is 0. The van der Waals surface area contributed by atoms with Gasteiger partial charge >= 0.3 is 0 Å². The molecule has 4 rings (SSSR count). The summed E-state index contributed by atoms with van der Waals surface area (Å²) in [6.07, 6.45) is 1.76. The Balaban J connectivity index is 1.55. The lowest BCUT2D eigenvalue weighted by Gasteiger charge is -2.09. The van der Waals surface area contributed by atoms with Crippen LogP contribution in [0.5, 0.6) is 11.5 Å². The van der Waals surface area contributed by atoms with Gasteiger partial charge in [-0.05, 0) is 54.8 Å². The number of benzene rings is 3. The first-order valence-corrected chi connectivity index (χ1v) is 9.82. The summed E-state index contributed by atoms with van der Waals surface area (Å²) >= 11 is 3.41. The zero-order valence-electron chi connectivity index (χ0n) is 15.7. The van der Waals surface area contributed by atoms with Gasteiger partial charge in [-0.2, -0.15) is 0 Å². The summed E-state index contributed by atoms with van der Waals surface area (Å²) in [6.45, 7) is 4.43. The average molecular weight is 435 g/mol. The minimum Gasteiger partial charge on any atom is -0.489 e. The van der Waals surface area contributed by atoms with Gasteiger partial charge < -0.3 is 9.47 Å². The van der Waals surface area contributed by atoms with Crippen LogP contribution in [0.4, 0.5) is 0 Å². The molecule has 0 N–H and O–H groups in total. The summed E-state index contributed by atoms with van der Waals surface area (Å²) in [5.41, 5.74) is 4.67. The Morgan fingerprint density at radius 1 is 1.00 bits per heavy atom. The largest absolute Gasteiger partial charge is 0.489 e. The van der Waals surface area contributed by atoms with Gasteiger partial charge in [-0.25, -0.2) is 0 Å². The van der Waals surface area contributed by atoms with Crippen molar-refractivity contribution in [1.29, 1.82) is 0 Å². The van der Waals surface area contributed by atoms with Gasteiger partial charge in [-0.15, -0.1) is 0 Å². The third kappa shape index (κ3) is 3.87. The maximum atomic E-state index is 12.8. The summed E-state index contributed by atoms with van der Waals surface area (Å²) in [6, 6.07) is 19.6. The van der Waals surface area contributed by atoms with Gasteiger partial charge in [-0.1, -0.05) is 57.9 Å². The number of rotatable bonds is 4. The Kier molecular flexibility index (Phi) is 5.05. The predicted octanol–water partition coefficient (Wildman–Crippen LogP) is 6.26. The lowest BCUT2D eigenvalue weighted by molar-refractivity contribution is 0.101. The van der Waals surface area contributed by atoms with E-state index >= 15 is 0 Å². The average Bonchev–Trinajstić information content (AvgIpc) is 2.99. The van der Waals surface area contributed by atoms with Crippen molar-refractivity contribution in [3.8, 4) is 11.5 Å². The molecule has 0 unspecified atom stereocenters. The predicted molar refractivity (Wildman–Crippen MR) is 114 cm³/mol. The zero-order valence-corrected chi connectivity index (χ0v) is 17.2. The standard InChI is InChI=1S/C24H19BrO3/c1-15-3-5-18(6-4-15)14-27-20-11-16(2)23-21(13-20)28-22(24(23)26)12-17-7-9-19(25)10-8-17/h3-13H,14H2,1-2H3/b22-12-. The van der Waals surface area contributed by atoms with E-state index in [1.807, 2.05) is 37.3 Å². The van der Waals surface area contributed by atoms with E-state index in [0.29, 0.717) is 29.4 Å². The van der Waals surface area contributed by atoms with Crippen LogP contribution in [0.1, 0.15) is 32.6 Å². The van der Waals surface area contributed by atoms with E-state index in [0.717, 1.165) is 21.2 Å². The summed E-state index contributed by atoms with van der Waals surface area (Å²) in [5, 5.41) is 0. The van der Waals surface area contributed by atoms with Crippen molar-refractivity contribution < 1.29 is 14.3 Å². The topological polar surface area (TPSA) is 35.5 Å². The van der Waals surface area contributed by atoms with Gasteiger partial charge in [0.25, 0.3) is 0 Å². The normalized spacial score (nSPS) is 14.1. The molecule has 1 aliphatic heterocycles. The van der Waals surface area contributed by atoms with Crippen LogP contribution in [0, 0.1) is 13.8 Å². The number of aryl methyl sites for hydroxylation is 2. The molecule has 1 heterocycles. The summed E-state index contributed by atoms with van der Waals surface area (Å²) in [4.78, 5) is 12.8. The van der Waals surface area contributed by atoms with E-state index in [1.54, 1.807) is 12.1 Å². The maximum absolute atomic E-state index is 12.8. The molecule has 140 valence electrons. The smallest absolute Gasteiger partial charge is 0.232 e. The van der Waals surface area contributed by atoms with Gasteiger partial charge in [0, 0.05) is 10.5 Å². The van der Waals surface area contributed by atoms with Crippen LogP contribution < -0.4 is 9.47 Å². The number of ketones is 1. The first-order chi connectivity index (χ1) is 13.5. The Morgan fingerprint density at radius 3 is 2.43 bits per heavy atom. The van der Waals surface area contributed by atoms with Crippen molar-refractivity contribution in [3.05, 3.63) is 98.7 Å². The second kappa shape index (κ2) is 7.64. The third-order valence-electron chi connectivity index (χ3n) is 4.64. The van der Waals surface area contributed by atoms with Gasteiger partial charge in [0.2, 0.25) is 5.78 Å². The quantitative estimate of drug-likeness (QED) is 0.454. The van der Waals surface area contributed by atoms with Crippen molar-refractivity contribution >= 4 is 27.8 Å². The molecule has 0 aliphatic carbocycles. The number of hydrogen-bond acceptors (Lipinski definition) is 3.